The monoisotopic (exact) mass is 273 g/mol. The quantitative estimate of drug-likeness (QED) is 0.803. The Kier molecular flexibility index (Phi) is 6.32. The molecule has 0 aliphatic heterocycles. The average molecular weight is 273 g/mol. The minimum atomic E-state index is -4.25. The standard InChI is InChI=1S/C10H18F3NO2S/c1-4-14(6-9(2,3)16)8(15)5-17-7-10(11,12)13/h16H,4-7H2,1-3H3. The van der Waals surface area contributed by atoms with Gasteiger partial charge in [0.1, 0.15) is 0 Å². The minimum Gasteiger partial charge on any atom is -0.389 e. The van der Waals surface area contributed by atoms with Crippen LogP contribution in [0.15, 0.2) is 0 Å². The first-order chi connectivity index (χ1) is 7.55. The van der Waals surface area contributed by atoms with Crippen LogP contribution in [0.5, 0.6) is 0 Å². The molecule has 0 aromatic carbocycles. The van der Waals surface area contributed by atoms with Crippen molar-refractivity contribution in [2.75, 3.05) is 24.6 Å². The van der Waals surface area contributed by atoms with Crippen LogP contribution >= 0.6 is 11.8 Å². The van der Waals surface area contributed by atoms with Gasteiger partial charge in [0.05, 0.1) is 17.1 Å². The van der Waals surface area contributed by atoms with Gasteiger partial charge in [0.2, 0.25) is 5.91 Å². The van der Waals surface area contributed by atoms with Crippen molar-refractivity contribution in [3.05, 3.63) is 0 Å². The van der Waals surface area contributed by atoms with E-state index in [-0.39, 0.29) is 18.2 Å². The third-order valence-corrected chi connectivity index (χ3v) is 2.79. The van der Waals surface area contributed by atoms with Gasteiger partial charge in [-0.15, -0.1) is 11.8 Å². The molecule has 0 aliphatic rings. The van der Waals surface area contributed by atoms with E-state index in [9.17, 15) is 23.1 Å². The van der Waals surface area contributed by atoms with E-state index in [4.69, 9.17) is 0 Å². The van der Waals surface area contributed by atoms with Crippen LogP contribution in [0, 0.1) is 0 Å². The molecule has 0 fully saturated rings. The lowest BCUT2D eigenvalue weighted by molar-refractivity contribution is -0.131. The Bertz CT molecular complexity index is 251. The number of carbonyl (C=O) groups excluding carboxylic acids is 1. The molecule has 0 saturated heterocycles. The summed E-state index contributed by atoms with van der Waals surface area (Å²) in [4.78, 5) is 12.9. The van der Waals surface area contributed by atoms with E-state index in [0.717, 1.165) is 0 Å². The van der Waals surface area contributed by atoms with Gasteiger partial charge in [-0.1, -0.05) is 0 Å². The van der Waals surface area contributed by atoms with Gasteiger partial charge in [0, 0.05) is 13.1 Å². The third kappa shape index (κ3) is 9.29. The molecule has 7 heteroatoms. The van der Waals surface area contributed by atoms with Gasteiger partial charge >= 0.3 is 6.18 Å². The zero-order valence-corrected chi connectivity index (χ0v) is 11.0. The number of carbonyl (C=O) groups is 1. The fraction of sp³-hybridized carbons (Fsp3) is 0.900. The molecular weight excluding hydrogens is 255 g/mol. The molecule has 0 heterocycles. The van der Waals surface area contributed by atoms with Crippen molar-refractivity contribution < 1.29 is 23.1 Å². The third-order valence-electron chi connectivity index (χ3n) is 1.80. The Morgan fingerprint density at radius 1 is 1.35 bits per heavy atom. The van der Waals surface area contributed by atoms with Crippen LogP contribution in [-0.4, -0.2) is 52.3 Å². The number of hydrogen-bond donors (Lipinski definition) is 1. The van der Waals surface area contributed by atoms with Crippen molar-refractivity contribution in [2.45, 2.75) is 32.5 Å². The van der Waals surface area contributed by atoms with Crippen LogP contribution in [0.3, 0.4) is 0 Å². The van der Waals surface area contributed by atoms with Gasteiger partial charge in [0.25, 0.3) is 0 Å². The lowest BCUT2D eigenvalue weighted by atomic mass is 10.1. The number of nitrogens with zero attached hydrogens (tertiary/aromatic N) is 1. The molecule has 1 amide bonds. The topological polar surface area (TPSA) is 40.5 Å². The summed E-state index contributed by atoms with van der Waals surface area (Å²) >= 11 is 0.540. The van der Waals surface area contributed by atoms with E-state index in [2.05, 4.69) is 0 Å². The molecule has 0 aromatic heterocycles. The van der Waals surface area contributed by atoms with E-state index in [1.807, 2.05) is 0 Å². The minimum absolute atomic E-state index is 0.120. The summed E-state index contributed by atoms with van der Waals surface area (Å²) in [6, 6.07) is 0. The smallest absolute Gasteiger partial charge is 0.389 e. The van der Waals surface area contributed by atoms with Crippen molar-refractivity contribution in [2.24, 2.45) is 0 Å². The van der Waals surface area contributed by atoms with Crippen molar-refractivity contribution in [3.63, 3.8) is 0 Å². The molecule has 0 aromatic rings. The lowest BCUT2D eigenvalue weighted by Gasteiger charge is -2.28. The lowest BCUT2D eigenvalue weighted by Crippen LogP contribution is -2.43. The number of alkyl halides is 3. The summed E-state index contributed by atoms with van der Waals surface area (Å²) in [6.07, 6.45) is -4.25. The SMILES string of the molecule is CCN(CC(C)(C)O)C(=O)CSCC(F)(F)F. The first-order valence-electron chi connectivity index (χ1n) is 5.20. The van der Waals surface area contributed by atoms with Gasteiger partial charge in [-0.3, -0.25) is 4.79 Å². The number of aliphatic hydroxyl groups is 1. The van der Waals surface area contributed by atoms with Crippen LogP contribution in [0.1, 0.15) is 20.8 Å². The van der Waals surface area contributed by atoms with Crippen LogP contribution in [0.4, 0.5) is 13.2 Å². The molecule has 0 aliphatic carbocycles. The van der Waals surface area contributed by atoms with Gasteiger partial charge in [-0.2, -0.15) is 13.2 Å². The van der Waals surface area contributed by atoms with Gasteiger partial charge in [-0.25, -0.2) is 0 Å². The molecule has 0 unspecified atom stereocenters. The Balaban J connectivity index is 4.10. The first-order valence-corrected chi connectivity index (χ1v) is 6.35. The van der Waals surface area contributed by atoms with Crippen LogP contribution < -0.4 is 0 Å². The zero-order chi connectivity index (χ0) is 13.7. The van der Waals surface area contributed by atoms with Gasteiger partial charge in [-0.05, 0) is 20.8 Å². The molecule has 0 radical (unpaired) electrons. The number of likely N-dealkylation sites (N-methyl/N-ethyl adjacent to an activating group) is 1. The predicted octanol–water partition coefficient (Wildman–Crippen LogP) is 1.90. The molecule has 1 N–H and O–H groups in total. The van der Waals surface area contributed by atoms with E-state index in [1.165, 1.54) is 4.90 Å². The van der Waals surface area contributed by atoms with Crippen LogP contribution in [0.25, 0.3) is 0 Å². The second-order valence-electron chi connectivity index (χ2n) is 4.33. The maximum absolute atomic E-state index is 11.9. The number of rotatable bonds is 6. The Morgan fingerprint density at radius 3 is 2.24 bits per heavy atom. The molecule has 0 saturated carbocycles. The normalized spacial score (nSPS) is 12.6. The van der Waals surface area contributed by atoms with Crippen molar-refractivity contribution >= 4 is 17.7 Å². The summed E-state index contributed by atoms with van der Waals surface area (Å²) in [6.45, 7) is 5.31. The van der Waals surface area contributed by atoms with Crippen molar-refractivity contribution in [1.29, 1.82) is 0 Å². The summed E-state index contributed by atoms with van der Waals surface area (Å²) < 4.78 is 35.6. The Labute approximate surface area is 103 Å². The average Bonchev–Trinajstić information content (AvgIpc) is 2.10. The maximum Gasteiger partial charge on any atom is 0.397 e. The maximum atomic E-state index is 11.9. The van der Waals surface area contributed by atoms with E-state index in [1.54, 1.807) is 20.8 Å². The molecule has 3 nitrogen and oxygen atoms in total. The predicted molar refractivity (Wildman–Crippen MR) is 61.9 cm³/mol. The van der Waals surface area contributed by atoms with Crippen molar-refractivity contribution in [3.8, 4) is 0 Å². The fourth-order valence-corrected chi connectivity index (χ4v) is 1.88. The molecule has 0 spiro atoms. The van der Waals surface area contributed by atoms with E-state index in [0.29, 0.717) is 18.3 Å². The molecule has 0 atom stereocenters. The summed E-state index contributed by atoms with van der Waals surface area (Å²) in [7, 11) is 0. The van der Waals surface area contributed by atoms with Gasteiger partial charge < -0.3 is 10.0 Å². The summed E-state index contributed by atoms with van der Waals surface area (Å²) in [5.41, 5.74) is -1.04. The number of halogens is 3. The highest BCUT2D eigenvalue weighted by molar-refractivity contribution is 8.00. The van der Waals surface area contributed by atoms with Crippen LogP contribution in [-0.2, 0) is 4.79 Å². The van der Waals surface area contributed by atoms with E-state index >= 15 is 0 Å². The second kappa shape index (κ2) is 6.49. The number of hydrogen-bond acceptors (Lipinski definition) is 3. The Hall–Kier alpha value is -0.430. The Morgan fingerprint density at radius 2 is 1.88 bits per heavy atom. The second-order valence-corrected chi connectivity index (χ2v) is 5.31. The highest BCUT2D eigenvalue weighted by atomic mass is 32.2. The zero-order valence-electron chi connectivity index (χ0n) is 10.2. The molecule has 0 bridgehead atoms. The first kappa shape index (κ1) is 16.6. The molecule has 17 heavy (non-hydrogen) atoms. The van der Waals surface area contributed by atoms with Crippen LogP contribution in [0.2, 0.25) is 0 Å². The number of amides is 1. The summed E-state index contributed by atoms with van der Waals surface area (Å²) in [5.74, 6) is -1.63. The molecule has 102 valence electrons. The fourth-order valence-electron chi connectivity index (χ4n) is 1.19. The van der Waals surface area contributed by atoms with Gasteiger partial charge in [0.15, 0.2) is 0 Å². The summed E-state index contributed by atoms with van der Waals surface area (Å²) in [5, 5.41) is 9.54. The van der Waals surface area contributed by atoms with Crippen molar-refractivity contribution in [1.82, 2.24) is 4.90 Å². The van der Waals surface area contributed by atoms with E-state index < -0.39 is 17.5 Å². The largest absolute Gasteiger partial charge is 0.397 e. The number of thioether (sulfide) groups is 1. The highest BCUT2D eigenvalue weighted by Gasteiger charge is 2.28. The highest BCUT2D eigenvalue weighted by Crippen LogP contribution is 2.21. The molecule has 0 rings (SSSR count). The molecular formula is C10H18F3NO2S.